The van der Waals surface area contributed by atoms with Crippen molar-refractivity contribution in [2.45, 2.75) is 38.8 Å². The summed E-state index contributed by atoms with van der Waals surface area (Å²) in [6.07, 6.45) is 2.31. The van der Waals surface area contributed by atoms with Crippen LogP contribution in [0.3, 0.4) is 0 Å². The number of nitrogens with one attached hydrogen (secondary N) is 1. The quantitative estimate of drug-likeness (QED) is 0.769. The molecule has 8 nitrogen and oxygen atoms in total. The molecule has 1 saturated heterocycles. The van der Waals surface area contributed by atoms with Crippen LogP contribution >= 0.6 is 0 Å². The average Bonchev–Trinajstić information content (AvgIpc) is 2.67. The molecule has 160 valence electrons. The zero-order valence-corrected chi connectivity index (χ0v) is 17.1. The Morgan fingerprint density at radius 2 is 2.10 bits per heavy atom. The molecule has 2 amide bonds. The number of likely N-dealkylation sites (tertiary alicyclic amines) is 1. The van der Waals surface area contributed by atoms with Crippen LogP contribution in [0, 0.1) is 0 Å². The van der Waals surface area contributed by atoms with Crippen LogP contribution in [-0.4, -0.2) is 78.8 Å². The van der Waals surface area contributed by atoms with E-state index in [2.05, 4.69) is 5.32 Å². The van der Waals surface area contributed by atoms with E-state index in [4.69, 9.17) is 9.47 Å². The first-order valence-electron chi connectivity index (χ1n) is 10.4. The summed E-state index contributed by atoms with van der Waals surface area (Å²) >= 11 is 0. The number of aliphatic hydroxyl groups excluding tert-OH is 1. The third kappa shape index (κ3) is 6.08. The molecule has 0 bridgehead atoms. The van der Waals surface area contributed by atoms with Crippen molar-refractivity contribution >= 4 is 11.8 Å². The van der Waals surface area contributed by atoms with E-state index in [0.717, 1.165) is 24.8 Å². The molecule has 2 heterocycles. The largest absolute Gasteiger partial charge is 0.490 e. The monoisotopic (exact) mass is 405 g/mol. The fraction of sp³-hybridized carbons (Fsp3) is 0.619. The molecule has 2 aliphatic heterocycles. The summed E-state index contributed by atoms with van der Waals surface area (Å²) < 4.78 is 11.8. The van der Waals surface area contributed by atoms with E-state index in [9.17, 15) is 14.7 Å². The molecular formula is C21H31N3O5. The van der Waals surface area contributed by atoms with E-state index in [1.807, 2.05) is 30.0 Å². The molecule has 2 aliphatic rings. The molecule has 0 atom stereocenters. The van der Waals surface area contributed by atoms with Crippen LogP contribution in [0.4, 0.5) is 0 Å². The zero-order chi connectivity index (χ0) is 20.6. The number of rotatable bonds is 4. The lowest BCUT2D eigenvalue weighted by atomic mass is 10.1. The van der Waals surface area contributed by atoms with Gasteiger partial charge < -0.3 is 24.8 Å². The number of β-amino-alcohol motifs (C(OH)–C–C–N with tert-alkyl or cyclic N) is 1. The van der Waals surface area contributed by atoms with Gasteiger partial charge in [0.15, 0.2) is 11.5 Å². The van der Waals surface area contributed by atoms with Gasteiger partial charge >= 0.3 is 0 Å². The topological polar surface area (TPSA) is 91.3 Å². The number of ether oxygens (including phenoxy) is 2. The minimum Gasteiger partial charge on any atom is -0.490 e. The highest BCUT2D eigenvalue weighted by molar-refractivity contribution is 5.81. The summed E-state index contributed by atoms with van der Waals surface area (Å²) in [5.41, 5.74) is 0.888. The van der Waals surface area contributed by atoms with Gasteiger partial charge in [0, 0.05) is 31.7 Å². The minimum atomic E-state index is -0.444. The van der Waals surface area contributed by atoms with E-state index in [-0.39, 0.29) is 24.9 Å². The van der Waals surface area contributed by atoms with Gasteiger partial charge in [-0.25, -0.2) is 0 Å². The van der Waals surface area contributed by atoms with Crippen molar-refractivity contribution in [3.8, 4) is 11.5 Å². The number of amides is 2. The van der Waals surface area contributed by atoms with Gasteiger partial charge in [-0.15, -0.1) is 0 Å². The first-order valence-corrected chi connectivity index (χ1v) is 10.4. The van der Waals surface area contributed by atoms with Gasteiger partial charge in [0.2, 0.25) is 11.8 Å². The molecule has 2 N–H and O–H groups in total. The summed E-state index contributed by atoms with van der Waals surface area (Å²) in [5.74, 6) is 1.19. The number of benzene rings is 1. The SMILES string of the molecule is CCOc1cccc2c1OCCCCCNC(=O)CN(CC(=O)N1CC(O)C1)C2. The Labute approximate surface area is 171 Å². The van der Waals surface area contributed by atoms with Gasteiger partial charge in [-0.05, 0) is 32.3 Å². The summed E-state index contributed by atoms with van der Waals surface area (Å²) in [6.45, 7) is 4.99. The predicted octanol–water partition coefficient (Wildman–Crippen LogP) is 0.769. The van der Waals surface area contributed by atoms with Crippen LogP contribution < -0.4 is 14.8 Å². The highest BCUT2D eigenvalue weighted by atomic mass is 16.5. The lowest BCUT2D eigenvalue weighted by molar-refractivity contribution is -0.143. The van der Waals surface area contributed by atoms with Crippen LogP contribution in [0.5, 0.6) is 11.5 Å². The standard InChI is InChI=1S/C21H31N3O5/c1-2-28-18-8-6-7-16-11-23(15-20(27)24-12-17(25)13-24)14-19(26)22-9-4-3-5-10-29-21(16)18/h6-8,17,25H,2-5,9-15H2,1H3,(H,22,26). The number of hydrogen-bond donors (Lipinski definition) is 2. The maximum Gasteiger partial charge on any atom is 0.236 e. The molecular weight excluding hydrogens is 374 g/mol. The second kappa shape index (κ2) is 10.5. The molecule has 0 unspecified atom stereocenters. The lowest BCUT2D eigenvalue weighted by Crippen LogP contribution is -2.56. The van der Waals surface area contributed by atoms with Crippen molar-refractivity contribution < 1.29 is 24.2 Å². The maximum atomic E-state index is 12.5. The average molecular weight is 405 g/mol. The molecule has 1 aromatic carbocycles. The fourth-order valence-electron chi connectivity index (χ4n) is 3.54. The Kier molecular flexibility index (Phi) is 7.71. The highest BCUT2D eigenvalue weighted by Gasteiger charge is 2.30. The first-order chi connectivity index (χ1) is 14.1. The molecule has 0 radical (unpaired) electrons. The fourth-order valence-corrected chi connectivity index (χ4v) is 3.54. The van der Waals surface area contributed by atoms with Gasteiger partial charge in [0.1, 0.15) is 0 Å². The van der Waals surface area contributed by atoms with Crippen molar-refractivity contribution in [3.63, 3.8) is 0 Å². The molecule has 0 saturated carbocycles. The number of para-hydroxylation sites is 1. The first kappa shape index (κ1) is 21.4. The Morgan fingerprint density at radius 3 is 2.86 bits per heavy atom. The number of carbonyl (C=O) groups is 2. The minimum absolute atomic E-state index is 0.0872. The van der Waals surface area contributed by atoms with Gasteiger partial charge in [-0.1, -0.05) is 12.1 Å². The third-order valence-corrected chi connectivity index (χ3v) is 5.08. The summed E-state index contributed by atoms with van der Waals surface area (Å²) in [7, 11) is 0. The van der Waals surface area contributed by atoms with E-state index in [1.165, 1.54) is 0 Å². The molecule has 0 spiro atoms. The van der Waals surface area contributed by atoms with E-state index >= 15 is 0 Å². The van der Waals surface area contributed by atoms with Gasteiger partial charge in [0.05, 0.1) is 32.4 Å². The lowest BCUT2D eigenvalue weighted by Gasteiger charge is -2.37. The maximum absolute atomic E-state index is 12.5. The van der Waals surface area contributed by atoms with Crippen LogP contribution in [0.1, 0.15) is 31.7 Å². The Bertz CT molecular complexity index is 706. The predicted molar refractivity (Wildman–Crippen MR) is 108 cm³/mol. The Hall–Kier alpha value is -2.32. The molecule has 8 heteroatoms. The van der Waals surface area contributed by atoms with Crippen LogP contribution in [0.15, 0.2) is 18.2 Å². The molecule has 1 aromatic rings. The van der Waals surface area contributed by atoms with E-state index < -0.39 is 6.10 Å². The molecule has 0 aliphatic carbocycles. The Morgan fingerprint density at radius 1 is 1.28 bits per heavy atom. The second-order valence-electron chi connectivity index (χ2n) is 7.53. The molecule has 1 fully saturated rings. The van der Waals surface area contributed by atoms with Crippen LogP contribution in [0.2, 0.25) is 0 Å². The number of fused-ring (bicyclic) bond motifs is 1. The number of carbonyl (C=O) groups excluding carboxylic acids is 2. The van der Waals surface area contributed by atoms with Crippen molar-refractivity contribution in [1.82, 2.24) is 15.1 Å². The second-order valence-corrected chi connectivity index (χ2v) is 7.53. The summed E-state index contributed by atoms with van der Waals surface area (Å²) in [4.78, 5) is 28.4. The molecule has 3 rings (SSSR count). The van der Waals surface area contributed by atoms with Crippen molar-refractivity contribution in [2.75, 3.05) is 45.9 Å². The molecule has 29 heavy (non-hydrogen) atoms. The third-order valence-electron chi connectivity index (χ3n) is 5.08. The van der Waals surface area contributed by atoms with Gasteiger partial charge in [0.25, 0.3) is 0 Å². The molecule has 0 aromatic heterocycles. The highest BCUT2D eigenvalue weighted by Crippen LogP contribution is 2.32. The number of hydrogen-bond acceptors (Lipinski definition) is 6. The van der Waals surface area contributed by atoms with Gasteiger partial charge in [-0.3, -0.25) is 14.5 Å². The van der Waals surface area contributed by atoms with Crippen molar-refractivity contribution in [2.24, 2.45) is 0 Å². The Balaban J connectivity index is 1.80. The van der Waals surface area contributed by atoms with E-state index in [0.29, 0.717) is 50.9 Å². The van der Waals surface area contributed by atoms with Gasteiger partial charge in [-0.2, -0.15) is 0 Å². The smallest absolute Gasteiger partial charge is 0.236 e. The number of nitrogens with zero attached hydrogens (tertiary/aromatic N) is 2. The van der Waals surface area contributed by atoms with Crippen LogP contribution in [-0.2, 0) is 16.1 Å². The number of aliphatic hydroxyl groups is 1. The summed E-state index contributed by atoms with van der Waals surface area (Å²) in [6, 6.07) is 5.72. The van der Waals surface area contributed by atoms with Crippen LogP contribution in [0.25, 0.3) is 0 Å². The van der Waals surface area contributed by atoms with Crippen molar-refractivity contribution in [3.05, 3.63) is 23.8 Å². The summed E-state index contributed by atoms with van der Waals surface area (Å²) in [5, 5.41) is 12.4. The zero-order valence-electron chi connectivity index (χ0n) is 17.1. The normalized spacial score (nSPS) is 19.5. The van der Waals surface area contributed by atoms with Crippen molar-refractivity contribution in [1.29, 1.82) is 0 Å². The van der Waals surface area contributed by atoms with E-state index in [1.54, 1.807) is 4.90 Å².